The van der Waals surface area contributed by atoms with E-state index in [2.05, 4.69) is 20.8 Å². The van der Waals surface area contributed by atoms with Crippen molar-refractivity contribution in [2.24, 2.45) is 7.05 Å². The molecule has 7 heteroatoms. The van der Waals surface area contributed by atoms with E-state index in [1.54, 1.807) is 10.7 Å². The van der Waals surface area contributed by atoms with Gasteiger partial charge in [0.2, 0.25) is 0 Å². The molecule has 4 rings (SSSR count). The molecule has 1 aliphatic carbocycles. The van der Waals surface area contributed by atoms with Crippen molar-refractivity contribution in [3.63, 3.8) is 0 Å². The first kappa shape index (κ1) is 14.7. The monoisotopic (exact) mass is 324 g/mol. The van der Waals surface area contributed by atoms with Gasteiger partial charge in [0.05, 0.1) is 30.1 Å². The van der Waals surface area contributed by atoms with Gasteiger partial charge in [-0.1, -0.05) is 6.07 Å². The molecule has 124 valence electrons. The maximum atomic E-state index is 12.1. The summed E-state index contributed by atoms with van der Waals surface area (Å²) in [5.74, 6) is 0.623. The van der Waals surface area contributed by atoms with Crippen molar-refractivity contribution in [2.75, 3.05) is 0 Å². The van der Waals surface area contributed by atoms with Crippen LogP contribution in [0, 0.1) is 0 Å². The fraction of sp³-hybridized carbons (Fsp3) is 0.353. The molecule has 0 bridgehead atoms. The fourth-order valence-electron chi connectivity index (χ4n) is 2.96. The lowest BCUT2D eigenvalue weighted by atomic mass is 10.1. The molecule has 1 aliphatic rings. The third kappa shape index (κ3) is 2.84. The second-order valence-corrected chi connectivity index (χ2v) is 6.18. The van der Waals surface area contributed by atoms with Gasteiger partial charge >= 0.3 is 6.03 Å². The number of urea groups is 1. The number of fused-ring (bicyclic) bond motifs is 1. The van der Waals surface area contributed by atoms with Crippen LogP contribution in [0.1, 0.15) is 35.6 Å². The van der Waals surface area contributed by atoms with Crippen molar-refractivity contribution in [3.05, 3.63) is 53.6 Å². The molecular formula is C17H20N6O. The zero-order valence-corrected chi connectivity index (χ0v) is 13.6. The van der Waals surface area contributed by atoms with Gasteiger partial charge in [0, 0.05) is 25.4 Å². The minimum absolute atomic E-state index is 0.187. The van der Waals surface area contributed by atoms with Crippen molar-refractivity contribution < 1.29 is 4.79 Å². The maximum Gasteiger partial charge on any atom is 0.315 e. The molecule has 0 atom stereocenters. The van der Waals surface area contributed by atoms with Gasteiger partial charge in [-0.15, -0.1) is 0 Å². The van der Waals surface area contributed by atoms with Gasteiger partial charge in [0.25, 0.3) is 0 Å². The lowest BCUT2D eigenvalue weighted by molar-refractivity contribution is 0.240. The minimum atomic E-state index is -0.187. The number of aryl methyl sites for hydroxylation is 1. The zero-order chi connectivity index (χ0) is 16.5. The van der Waals surface area contributed by atoms with Gasteiger partial charge in [-0.2, -0.15) is 10.2 Å². The third-order valence-electron chi connectivity index (χ3n) is 4.47. The van der Waals surface area contributed by atoms with Crippen LogP contribution in [0.4, 0.5) is 4.79 Å². The summed E-state index contributed by atoms with van der Waals surface area (Å²) in [5.41, 5.74) is 4.34. The molecule has 1 fully saturated rings. The topological polar surface area (TPSA) is 76.2 Å². The van der Waals surface area contributed by atoms with E-state index in [1.807, 2.05) is 42.3 Å². The Morgan fingerprint density at radius 2 is 2.04 bits per heavy atom. The molecule has 3 aromatic rings. The average molecular weight is 324 g/mol. The maximum absolute atomic E-state index is 12.1. The average Bonchev–Trinajstić information content (AvgIpc) is 3.25. The first-order valence-corrected chi connectivity index (χ1v) is 8.16. The highest BCUT2D eigenvalue weighted by Gasteiger charge is 2.28. The summed E-state index contributed by atoms with van der Waals surface area (Å²) in [6.07, 6.45) is 8.04. The second kappa shape index (κ2) is 5.99. The Bertz CT molecular complexity index is 876. The van der Waals surface area contributed by atoms with E-state index < -0.39 is 0 Å². The number of aromatic nitrogens is 4. The number of rotatable bonds is 5. The molecule has 2 N–H and O–H groups in total. The van der Waals surface area contributed by atoms with Gasteiger partial charge in [0.15, 0.2) is 0 Å². The SMILES string of the molecule is Cn1ncc(C2CC2)c1CNC(=O)NCc1cnn2ccccc12. The number of carbonyl (C=O) groups is 1. The van der Waals surface area contributed by atoms with E-state index in [1.165, 1.54) is 18.4 Å². The quantitative estimate of drug-likeness (QED) is 0.753. The Morgan fingerprint density at radius 3 is 2.88 bits per heavy atom. The normalized spacial score (nSPS) is 14.0. The van der Waals surface area contributed by atoms with E-state index in [9.17, 15) is 4.79 Å². The summed E-state index contributed by atoms with van der Waals surface area (Å²) in [5, 5.41) is 14.4. The number of amides is 2. The van der Waals surface area contributed by atoms with Gasteiger partial charge < -0.3 is 10.6 Å². The smallest absolute Gasteiger partial charge is 0.315 e. The molecule has 0 aromatic carbocycles. The molecule has 0 aliphatic heterocycles. The van der Waals surface area contributed by atoms with E-state index in [4.69, 9.17) is 0 Å². The van der Waals surface area contributed by atoms with Crippen LogP contribution in [-0.2, 0) is 20.1 Å². The van der Waals surface area contributed by atoms with Gasteiger partial charge in [-0.3, -0.25) is 4.68 Å². The summed E-state index contributed by atoms with van der Waals surface area (Å²) < 4.78 is 3.64. The van der Waals surface area contributed by atoms with E-state index in [0.717, 1.165) is 16.8 Å². The Labute approximate surface area is 139 Å². The van der Waals surface area contributed by atoms with Crippen molar-refractivity contribution in [3.8, 4) is 0 Å². The Morgan fingerprint density at radius 1 is 1.21 bits per heavy atom. The molecule has 0 spiro atoms. The molecular weight excluding hydrogens is 304 g/mol. The molecule has 3 aromatic heterocycles. The highest BCUT2D eigenvalue weighted by molar-refractivity contribution is 5.74. The van der Waals surface area contributed by atoms with Crippen LogP contribution in [0.15, 0.2) is 36.8 Å². The molecule has 0 saturated heterocycles. The molecule has 0 unspecified atom stereocenters. The summed E-state index contributed by atoms with van der Waals surface area (Å²) in [7, 11) is 1.92. The standard InChI is InChI=1S/C17H20N6O/c1-22-16(14(10-20-22)12-5-6-12)11-19-17(24)18-8-13-9-21-23-7-3-2-4-15(13)23/h2-4,7,9-10,12H,5-6,8,11H2,1H3,(H2,18,19,24). The first-order chi connectivity index (χ1) is 11.7. The Balaban J connectivity index is 1.35. The predicted molar refractivity (Wildman–Crippen MR) is 89.5 cm³/mol. The predicted octanol–water partition coefficient (Wildman–Crippen LogP) is 1.94. The molecule has 3 heterocycles. The van der Waals surface area contributed by atoms with Crippen LogP contribution >= 0.6 is 0 Å². The Kier molecular flexibility index (Phi) is 3.68. The van der Waals surface area contributed by atoms with Crippen LogP contribution in [0.3, 0.4) is 0 Å². The minimum Gasteiger partial charge on any atom is -0.334 e. The van der Waals surface area contributed by atoms with Crippen LogP contribution in [-0.4, -0.2) is 25.4 Å². The summed E-state index contributed by atoms with van der Waals surface area (Å²) >= 11 is 0. The van der Waals surface area contributed by atoms with Crippen LogP contribution in [0.25, 0.3) is 5.52 Å². The largest absolute Gasteiger partial charge is 0.334 e. The first-order valence-electron chi connectivity index (χ1n) is 8.16. The van der Waals surface area contributed by atoms with Crippen molar-refractivity contribution >= 4 is 11.5 Å². The molecule has 24 heavy (non-hydrogen) atoms. The summed E-state index contributed by atoms with van der Waals surface area (Å²) in [4.78, 5) is 12.1. The van der Waals surface area contributed by atoms with Crippen molar-refractivity contribution in [1.82, 2.24) is 30.0 Å². The number of carbonyl (C=O) groups excluding carboxylic acids is 1. The number of nitrogens with zero attached hydrogens (tertiary/aromatic N) is 4. The number of pyridine rings is 1. The highest BCUT2D eigenvalue weighted by atomic mass is 16.2. The lowest BCUT2D eigenvalue weighted by Gasteiger charge is -2.09. The van der Waals surface area contributed by atoms with E-state index in [0.29, 0.717) is 19.0 Å². The zero-order valence-electron chi connectivity index (χ0n) is 13.6. The lowest BCUT2D eigenvalue weighted by Crippen LogP contribution is -2.35. The van der Waals surface area contributed by atoms with Gasteiger partial charge in [-0.05, 0) is 36.5 Å². The molecule has 2 amide bonds. The van der Waals surface area contributed by atoms with Gasteiger partial charge in [0.1, 0.15) is 0 Å². The Hall–Kier alpha value is -2.83. The molecule has 1 saturated carbocycles. The number of hydrogen-bond acceptors (Lipinski definition) is 3. The van der Waals surface area contributed by atoms with Crippen LogP contribution in [0.5, 0.6) is 0 Å². The fourth-order valence-corrected chi connectivity index (χ4v) is 2.96. The molecule has 7 nitrogen and oxygen atoms in total. The summed E-state index contributed by atoms with van der Waals surface area (Å²) in [6, 6.07) is 5.69. The van der Waals surface area contributed by atoms with E-state index >= 15 is 0 Å². The van der Waals surface area contributed by atoms with E-state index in [-0.39, 0.29) is 6.03 Å². The number of nitrogens with one attached hydrogen (secondary N) is 2. The van der Waals surface area contributed by atoms with Crippen molar-refractivity contribution in [1.29, 1.82) is 0 Å². The van der Waals surface area contributed by atoms with Crippen LogP contribution < -0.4 is 10.6 Å². The van der Waals surface area contributed by atoms with Gasteiger partial charge in [-0.25, -0.2) is 9.31 Å². The summed E-state index contributed by atoms with van der Waals surface area (Å²) in [6.45, 7) is 0.934. The van der Waals surface area contributed by atoms with Crippen molar-refractivity contribution in [2.45, 2.75) is 31.8 Å². The molecule has 0 radical (unpaired) electrons. The van der Waals surface area contributed by atoms with Crippen LogP contribution in [0.2, 0.25) is 0 Å². The third-order valence-corrected chi connectivity index (χ3v) is 4.47. The highest BCUT2D eigenvalue weighted by Crippen LogP contribution is 2.41. The second-order valence-electron chi connectivity index (χ2n) is 6.18. The number of hydrogen-bond donors (Lipinski definition) is 2.